The number of nitrogens with zero attached hydrogens (tertiary/aromatic N) is 1. The topological polar surface area (TPSA) is 20.3 Å². The molecule has 2 aromatic carbocycles. The lowest BCUT2D eigenvalue weighted by Gasteiger charge is -2.26. The van der Waals surface area contributed by atoms with E-state index in [9.17, 15) is 4.79 Å². The van der Waals surface area contributed by atoms with Gasteiger partial charge in [0.05, 0.1) is 0 Å². The van der Waals surface area contributed by atoms with Crippen LogP contribution in [0.1, 0.15) is 54.7 Å². The van der Waals surface area contributed by atoms with Crippen molar-refractivity contribution in [1.29, 1.82) is 0 Å². The first-order chi connectivity index (χ1) is 12.3. The minimum Gasteiger partial charge on any atom is -0.340 e. The van der Waals surface area contributed by atoms with Crippen LogP contribution in [0.4, 0.5) is 0 Å². The second-order valence-corrected chi connectivity index (χ2v) is 7.55. The Morgan fingerprint density at radius 3 is 2.68 bits per heavy atom. The van der Waals surface area contributed by atoms with Crippen LogP contribution in [0.2, 0.25) is 0 Å². The SMILES string of the molecule is O=C(CC1CCc2ccccc21)N1CCCC1CCc1ccccc1. The van der Waals surface area contributed by atoms with Crippen molar-refractivity contribution in [3.8, 4) is 0 Å². The number of benzene rings is 2. The number of fused-ring (bicyclic) bond motifs is 1. The van der Waals surface area contributed by atoms with Crippen LogP contribution in [0.5, 0.6) is 0 Å². The summed E-state index contributed by atoms with van der Waals surface area (Å²) in [6.45, 7) is 0.951. The predicted octanol–water partition coefficient (Wildman–Crippen LogP) is 4.73. The maximum atomic E-state index is 13.0. The van der Waals surface area contributed by atoms with Gasteiger partial charge in [-0.25, -0.2) is 0 Å². The molecule has 0 bridgehead atoms. The number of aryl methyl sites for hydroxylation is 2. The quantitative estimate of drug-likeness (QED) is 0.774. The molecule has 1 saturated heterocycles. The molecule has 1 fully saturated rings. The van der Waals surface area contributed by atoms with Gasteiger partial charge in [-0.3, -0.25) is 4.79 Å². The molecule has 0 N–H and O–H groups in total. The van der Waals surface area contributed by atoms with Crippen molar-refractivity contribution >= 4 is 5.91 Å². The summed E-state index contributed by atoms with van der Waals surface area (Å²) in [6.07, 6.45) is 7.45. The van der Waals surface area contributed by atoms with Crippen LogP contribution in [0.25, 0.3) is 0 Å². The highest BCUT2D eigenvalue weighted by Crippen LogP contribution is 2.36. The molecule has 0 saturated carbocycles. The first-order valence-corrected chi connectivity index (χ1v) is 9.72. The number of likely N-dealkylation sites (tertiary alicyclic amines) is 1. The number of carbonyl (C=O) groups excluding carboxylic acids is 1. The van der Waals surface area contributed by atoms with Gasteiger partial charge in [-0.2, -0.15) is 0 Å². The van der Waals surface area contributed by atoms with E-state index >= 15 is 0 Å². The van der Waals surface area contributed by atoms with Crippen molar-refractivity contribution < 1.29 is 4.79 Å². The van der Waals surface area contributed by atoms with Crippen LogP contribution in [0.3, 0.4) is 0 Å². The number of amides is 1. The van der Waals surface area contributed by atoms with Gasteiger partial charge in [-0.05, 0) is 61.1 Å². The maximum Gasteiger partial charge on any atom is 0.223 e. The fourth-order valence-electron chi connectivity index (χ4n) is 4.63. The van der Waals surface area contributed by atoms with Gasteiger partial charge in [-0.15, -0.1) is 0 Å². The average molecular weight is 333 g/mol. The summed E-state index contributed by atoms with van der Waals surface area (Å²) in [4.78, 5) is 15.1. The largest absolute Gasteiger partial charge is 0.340 e. The van der Waals surface area contributed by atoms with Gasteiger partial charge in [0.1, 0.15) is 0 Å². The van der Waals surface area contributed by atoms with Crippen molar-refractivity contribution in [1.82, 2.24) is 4.90 Å². The van der Waals surface area contributed by atoms with Crippen LogP contribution in [0, 0.1) is 0 Å². The van der Waals surface area contributed by atoms with E-state index in [1.165, 1.54) is 23.1 Å². The Balaban J connectivity index is 1.36. The molecular formula is C23H27NO. The summed E-state index contributed by atoms with van der Waals surface area (Å²) in [7, 11) is 0. The van der Waals surface area contributed by atoms with Crippen molar-refractivity contribution in [2.45, 2.75) is 56.9 Å². The first kappa shape index (κ1) is 16.4. The zero-order valence-electron chi connectivity index (χ0n) is 14.9. The summed E-state index contributed by atoms with van der Waals surface area (Å²) < 4.78 is 0. The lowest BCUT2D eigenvalue weighted by atomic mass is 9.96. The van der Waals surface area contributed by atoms with Crippen LogP contribution < -0.4 is 0 Å². The van der Waals surface area contributed by atoms with E-state index < -0.39 is 0 Å². The molecule has 4 rings (SSSR count). The number of rotatable bonds is 5. The van der Waals surface area contributed by atoms with Crippen LogP contribution >= 0.6 is 0 Å². The van der Waals surface area contributed by atoms with Crippen LogP contribution in [-0.2, 0) is 17.6 Å². The normalized spacial score (nSPS) is 22.2. The molecule has 2 nitrogen and oxygen atoms in total. The zero-order chi connectivity index (χ0) is 17.1. The second-order valence-electron chi connectivity index (χ2n) is 7.55. The van der Waals surface area contributed by atoms with Crippen molar-refractivity contribution in [3.63, 3.8) is 0 Å². The monoisotopic (exact) mass is 333 g/mol. The predicted molar refractivity (Wildman–Crippen MR) is 102 cm³/mol. The minimum atomic E-state index is 0.372. The van der Waals surface area contributed by atoms with E-state index in [1.807, 2.05) is 0 Å². The molecule has 130 valence electrons. The fraction of sp³-hybridized carbons (Fsp3) is 0.435. The lowest BCUT2D eigenvalue weighted by Crippen LogP contribution is -2.36. The van der Waals surface area contributed by atoms with Gasteiger partial charge >= 0.3 is 0 Å². The number of hydrogen-bond donors (Lipinski definition) is 0. The molecule has 1 heterocycles. The summed E-state index contributed by atoms with van der Waals surface area (Å²) in [5.74, 6) is 0.802. The highest BCUT2D eigenvalue weighted by atomic mass is 16.2. The molecule has 2 aliphatic rings. The molecule has 2 unspecified atom stereocenters. The average Bonchev–Trinajstić information content (AvgIpc) is 3.28. The fourth-order valence-corrected chi connectivity index (χ4v) is 4.63. The van der Waals surface area contributed by atoms with E-state index in [0.717, 1.165) is 38.6 Å². The molecular weight excluding hydrogens is 306 g/mol. The minimum absolute atomic E-state index is 0.372. The van der Waals surface area contributed by atoms with Crippen molar-refractivity contribution in [3.05, 3.63) is 71.3 Å². The smallest absolute Gasteiger partial charge is 0.223 e. The van der Waals surface area contributed by atoms with Crippen LogP contribution in [-0.4, -0.2) is 23.4 Å². The molecule has 0 aromatic heterocycles. The Labute approximate surface area is 150 Å². The van der Waals surface area contributed by atoms with Gasteiger partial charge in [0.2, 0.25) is 5.91 Å². The molecule has 1 aliphatic carbocycles. The van der Waals surface area contributed by atoms with E-state index in [1.54, 1.807) is 0 Å². The number of hydrogen-bond acceptors (Lipinski definition) is 1. The van der Waals surface area contributed by atoms with Gasteiger partial charge in [0.15, 0.2) is 0 Å². The second kappa shape index (κ2) is 7.43. The molecule has 1 amide bonds. The van der Waals surface area contributed by atoms with Gasteiger partial charge < -0.3 is 4.90 Å². The molecule has 25 heavy (non-hydrogen) atoms. The van der Waals surface area contributed by atoms with Gasteiger partial charge in [0, 0.05) is 19.0 Å². The molecule has 2 heteroatoms. The Hall–Kier alpha value is -2.09. The zero-order valence-corrected chi connectivity index (χ0v) is 14.9. The van der Waals surface area contributed by atoms with Crippen LogP contribution in [0.15, 0.2) is 54.6 Å². The van der Waals surface area contributed by atoms with E-state index in [-0.39, 0.29) is 0 Å². The standard InChI is InChI=1S/C23H27NO/c25-23(17-20-14-13-19-9-4-5-11-22(19)20)24-16-6-10-21(24)15-12-18-7-2-1-3-8-18/h1-5,7-9,11,20-21H,6,10,12-17H2. The third kappa shape index (κ3) is 3.63. The molecule has 0 radical (unpaired) electrons. The maximum absolute atomic E-state index is 13.0. The summed E-state index contributed by atoms with van der Waals surface area (Å²) in [6, 6.07) is 19.7. The highest BCUT2D eigenvalue weighted by Gasteiger charge is 2.31. The number of carbonyl (C=O) groups is 1. The Morgan fingerprint density at radius 1 is 1.00 bits per heavy atom. The Morgan fingerprint density at radius 2 is 1.80 bits per heavy atom. The molecule has 2 aromatic rings. The Bertz CT molecular complexity index is 724. The molecule has 2 atom stereocenters. The van der Waals surface area contributed by atoms with E-state index in [0.29, 0.717) is 24.3 Å². The highest BCUT2D eigenvalue weighted by molar-refractivity contribution is 5.78. The lowest BCUT2D eigenvalue weighted by molar-refractivity contribution is -0.132. The molecule has 0 spiro atoms. The van der Waals surface area contributed by atoms with Crippen molar-refractivity contribution in [2.75, 3.05) is 6.54 Å². The summed E-state index contributed by atoms with van der Waals surface area (Å²) in [5, 5.41) is 0. The van der Waals surface area contributed by atoms with Gasteiger partial charge in [0.25, 0.3) is 0 Å². The van der Waals surface area contributed by atoms with E-state index in [4.69, 9.17) is 0 Å². The summed E-state index contributed by atoms with van der Waals surface area (Å²) in [5.41, 5.74) is 4.24. The third-order valence-corrected chi connectivity index (χ3v) is 5.98. The van der Waals surface area contributed by atoms with E-state index in [2.05, 4.69) is 59.5 Å². The molecule has 1 aliphatic heterocycles. The van der Waals surface area contributed by atoms with Crippen molar-refractivity contribution in [2.24, 2.45) is 0 Å². The van der Waals surface area contributed by atoms with Gasteiger partial charge in [-0.1, -0.05) is 54.6 Å². The first-order valence-electron chi connectivity index (χ1n) is 9.72. The Kier molecular flexibility index (Phi) is 4.87. The third-order valence-electron chi connectivity index (χ3n) is 5.98. The summed E-state index contributed by atoms with van der Waals surface area (Å²) >= 11 is 0.